The van der Waals surface area contributed by atoms with E-state index in [2.05, 4.69) is 0 Å². The minimum atomic E-state index is -0.312. The molecule has 1 N–H and O–H groups in total. The van der Waals surface area contributed by atoms with E-state index in [1.807, 2.05) is 5.32 Å². The summed E-state index contributed by atoms with van der Waals surface area (Å²) in [7, 11) is 0. The number of carbonyl (C=O) groups excluding carboxylic acids is 2. The van der Waals surface area contributed by atoms with Crippen LogP contribution in [0.2, 0.25) is 0 Å². The van der Waals surface area contributed by atoms with Crippen LogP contribution in [0.25, 0.3) is 0 Å². The van der Waals surface area contributed by atoms with Crippen molar-refractivity contribution in [1.29, 1.82) is 0 Å². The number of carbonyl (C=O) groups is 2. The molecule has 0 spiro atoms. The third-order valence-electron chi connectivity index (χ3n) is 0.352. The molecule has 8 heavy (non-hydrogen) atoms. The van der Waals surface area contributed by atoms with Crippen LogP contribution in [0.15, 0.2) is 0 Å². The molecule has 4 heteroatoms. The van der Waals surface area contributed by atoms with Gasteiger partial charge >= 0.3 is 29.6 Å². The summed E-state index contributed by atoms with van der Waals surface area (Å²) in [6, 6.07) is 0. The quantitative estimate of drug-likeness (QED) is 0.423. The van der Waals surface area contributed by atoms with Crippen LogP contribution in [0.5, 0.6) is 0 Å². The first kappa shape index (κ1) is 11.0. The van der Waals surface area contributed by atoms with Gasteiger partial charge in [-0.05, 0) is 0 Å². The fourth-order valence-electron chi connectivity index (χ4n) is 0.248. The van der Waals surface area contributed by atoms with Crippen LogP contribution >= 0.6 is 0 Å². The van der Waals surface area contributed by atoms with Crippen LogP contribution in [-0.2, 0) is 9.59 Å². The first-order valence-corrected chi connectivity index (χ1v) is 1.91. The second-order valence-electron chi connectivity index (χ2n) is 1.24. The van der Waals surface area contributed by atoms with E-state index in [9.17, 15) is 9.59 Å². The number of hydrogen-bond donors (Lipinski definition) is 1. The molecule has 0 aliphatic carbocycles. The Kier molecular flexibility index (Phi) is 7.26. The summed E-state index contributed by atoms with van der Waals surface area (Å²) < 4.78 is 0. The van der Waals surface area contributed by atoms with Gasteiger partial charge in [0.15, 0.2) is 0 Å². The van der Waals surface area contributed by atoms with Gasteiger partial charge in [-0.1, -0.05) is 0 Å². The maximum absolute atomic E-state index is 9.92. The summed E-state index contributed by atoms with van der Waals surface area (Å²) in [5.41, 5.74) is 0. The van der Waals surface area contributed by atoms with Crippen LogP contribution in [0.4, 0.5) is 0 Å². The molecule has 0 aromatic heterocycles. The molecule has 0 bridgehead atoms. The third-order valence-corrected chi connectivity index (χ3v) is 0.352. The molecule has 0 radical (unpaired) electrons. The van der Waals surface area contributed by atoms with E-state index in [1.54, 1.807) is 0 Å². The molecule has 0 aromatic rings. The van der Waals surface area contributed by atoms with E-state index in [-0.39, 0.29) is 41.4 Å². The van der Waals surface area contributed by atoms with Crippen molar-refractivity contribution < 1.29 is 9.59 Å². The van der Waals surface area contributed by atoms with Gasteiger partial charge in [0.25, 0.3) is 0 Å². The van der Waals surface area contributed by atoms with Crippen LogP contribution in [0.3, 0.4) is 0 Å². The fourth-order valence-corrected chi connectivity index (χ4v) is 0.248. The average Bonchev–Trinajstić information content (AvgIpc) is 1.27. The van der Waals surface area contributed by atoms with E-state index in [0.717, 1.165) is 0 Å². The molecule has 0 fully saturated rings. The van der Waals surface area contributed by atoms with E-state index < -0.39 is 0 Å². The van der Waals surface area contributed by atoms with Gasteiger partial charge in [0.05, 0.1) is 0 Å². The van der Waals surface area contributed by atoms with Crippen LogP contribution in [0, 0.1) is 0 Å². The zero-order chi connectivity index (χ0) is 5.86. The second-order valence-corrected chi connectivity index (χ2v) is 1.24. The zero-order valence-corrected chi connectivity index (χ0v) is 4.32. The first-order valence-electron chi connectivity index (χ1n) is 1.91. The Balaban J connectivity index is 0. The molecule has 0 saturated heterocycles. The SMILES string of the molecule is CC(=O)NC(C)=O.[NaH]. The number of rotatable bonds is 0. The fraction of sp³-hybridized carbons (Fsp3) is 0.500. The van der Waals surface area contributed by atoms with Gasteiger partial charge in [0, 0.05) is 13.8 Å². The molecule has 0 heterocycles. The van der Waals surface area contributed by atoms with Crippen LogP contribution in [0.1, 0.15) is 13.8 Å². The minimum absolute atomic E-state index is 0. The molecule has 0 saturated carbocycles. The number of amides is 2. The van der Waals surface area contributed by atoms with E-state index in [0.29, 0.717) is 0 Å². The Morgan fingerprint density at radius 3 is 1.38 bits per heavy atom. The van der Waals surface area contributed by atoms with Gasteiger partial charge in [0.1, 0.15) is 0 Å². The molecule has 3 nitrogen and oxygen atoms in total. The zero-order valence-electron chi connectivity index (χ0n) is 4.32. The summed E-state index contributed by atoms with van der Waals surface area (Å²) in [5.74, 6) is -0.625. The summed E-state index contributed by atoms with van der Waals surface area (Å²) in [4.78, 5) is 19.8. The molecule has 0 atom stereocenters. The summed E-state index contributed by atoms with van der Waals surface area (Å²) in [6.45, 7) is 2.59. The Morgan fingerprint density at radius 1 is 1.12 bits per heavy atom. The van der Waals surface area contributed by atoms with Crippen molar-refractivity contribution in [3.05, 3.63) is 0 Å². The molecule has 2 amide bonds. The summed E-state index contributed by atoms with van der Waals surface area (Å²) in [5, 5.41) is 2.03. The monoisotopic (exact) mass is 125 g/mol. The average molecular weight is 125 g/mol. The van der Waals surface area contributed by atoms with Gasteiger partial charge in [-0.15, -0.1) is 0 Å². The standard InChI is InChI=1S/C4H7NO2.Na.H/c1-3(6)5-4(2)7;;/h1-2H3,(H,5,6,7);;. The van der Waals surface area contributed by atoms with Crippen molar-refractivity contribution in [1.82, 2.24) is 5.32 Å². The third kappa shape index (κ3) is 9.46. The summed E-state index contributed by atoms with van der Waals surface area (Å²) in [6.07, 6.45) is 0. The predicted octanol–water partition coefficient (Wildman–Crippen LogP) is -0.980. The Hall–Kier alpha value is 0.140. The van der Waals surface area contributed by atoms with E-state index >= 15 is 0 Å². The Bertz CT molecular complexity index is 90.2. The summed E-state index contributed by atoms with van der Waals surface area (Å²) >= 11 is 0. The van der Waals surface area contributed by atoms with E-state index in [4.69, 9.17) is 0 Å². The van der Waals surface area contributed by atoms with Gasteiger partial charge in [0.2, 0.25) is 11.8 Å². The van der Waals surface area contributed by atoms with Gasteiger partial charge in [-0.2, -0.15) is 0 Å². The molecule has 42 valence electrons. The van der Waals surface area contributed by atoms with Gasteiger partial charge in [-0.3, -0.25) is 14.9 Å². The molecular formula is C4H8NNaO2. The molecule has 0 unspecified atom stereocenters. The van der Waals surface area contributed by atoms with Gasteiger partial charge < -0.3 is 0 Å². The van der Waals surface area contributed by atoms with Gasteiger partial charge in [-0.25, -0.2) is 0 Å². The molecule has 0 aliphatic rings. The maximum atomic E-state index is 9.92. The van der Waals surface area contributed by atoms with Crippen molar-refractivity contribution in [2.24, 2.45) is 0 Å². The first-order chi connectivity index (χ1) is 3.13. The Morgan fingerprint density at radius 2 is 1.38 bits per heavy atom. The topological polar surface area (TPSA) is 46.2 Å². The van der Waals surface area contributed by atoms with E-state index in [1.165, 1.54) is 13.8 Å². The van der Waals surface area contributed by atoms with Crippen molar-refractivity contribution in [3.63, 3.8) is 0 Å². The molecule has 0 aliphatic heterocycles. The Labute approximate surface area is 70.1 Å². The normalized spacial score (nSPS) is 6.75. The molecule has 0 aromatic carbocycles. The van der Waals surface area contributed by atoms with Crippen molar-refractivity contribution in [3.8, 4) is 0 Å². The predicted molar refractivity (Wildman–Crippen MR) is 31.6 cm³/mol. The number of hydrogen-bond acceptors (Lipinski definition) is 2. The molecule has 0 rings (SSSR count). The van der Waals surface area contributed by atoms with Crippen LogP contribution in [-0.4, -0.2) is 41.4 Å². The van der Waals surface area contributed by atoms with Crippen molar-refractivity contribution in [2.45, 2.75) is 13.8 Å². The number of nitrogens with one attached hydrogen (secondary N) is 1. The van der Waals surface area contributed by atoms with Crippen molar-refractivity contribution in [2.75, 3.05) is 0 Å². The van der Waals surface area contributed by atoms with Crippen LogP contribution < -0.4 is 5.32 Å². The van der Waals surface area contributed by atoms with Crippen molar-refractivity contribution >= 4 is 41.4 Å². The second kappa shape index (κ2) is 5.28. The molecular weight excluding hydrogens is 117 g/mol. The number of imide groups is 1.